The summed E-state index contributed by atoms with van der Waals surface area (Å²) in [5.74, 6) is -2.46. The van der Waals surface area contributed by atoms with Crippen LogP contribution in [0.3, 0.4) is 0 Å². The highest BCUT2D eigenvalue weighted by atomic mass is 16.7. The molecule has 0 bridgehead atoms. The third-order valence-corrected chi connectivity index (χ3v) is 16.7. The van der Waals surface area contributed by atoms with Gasteiger partial charge in [0.2, 0.25) is 0 Å². The van der Waals surface area contributed by atoms with E-state index in [-0.39, 0.29) is 38.0 Å². The molecule has 30 unspecified atom stereocenters. The maximum atomic E-state index is 13.0. The fraction of sp³-hybridized carbons (Fsp3) is 0.938. The summed E-state index contributed by atoms with van der Waals surface area (Å²) in [7, 11) is 0. The van der Waals surface area contributed by atoms with Crippen LogP contribution in [0, 0.1) is 17.8 Å². The van der Waals surface area contributed by atoms with Crippen molar-refractivity contribution in [3.05, 3.63) is 12.2 Å². The Kier molecular flexibility index (Phi) is 21.1. The molecule has 5 aliphatic heterocycles. The van der Waals surface area contributed by atoms with Gasteiger partial charge >= 0.3 is 5.97 Å². The smallest absolute Gasteiger partial charge is 0.330 e. The SMILES string of the molecule is O=C(C=CC1CCC(OC2OC(CO)C(O)C(O)C2O)CC1)OCC1OC(OC2CC(C3[OH+]C4CC(O)CC(O)C4CC3OC3OC(CO)C(O)C(O)C3O)CC(OC3OC(CO)C(O)C(O)C3O)C2O)C(O)C(O)C1O. The molecule has 5 saturated heterocycles. The van der Waals surface area contributed by atoms with Crippen molar-refractivity contribution >= 4 is 5.97 Å². The molecule has 0 amide bonds. The van der Waals surface area contributed by atoms with Gasteiger partial charge in [0.25, 0.3) is 0 Å². The van der Waals surface area contributed by atoms with E-state index in [2.05, 4.69) is 0 Å². The first-order valence-electron chi connectivity index (χ1n) is 26.4. The second-order valence-electron chi connectivity index (χ2n) is 21.8. The van der Waals surface area contributed by atoms with E-state index in [9.17, 15) is 96.7 Å². The number of fused-ring (bicyclic) bond motifs is 1. The molecule has 0 aromatic rings. The minimum atomic E-state index is -2.00. The monoisotopic (exact) mass is 1120 g/mol. The Bertz CT molecular complexity index is 1880. The topological polar surface area (TPSA) is 477 Å². The quantitative estimate of drug-likeness (QED) is 0.0388. The highest BCUT2D eigenvalue weighted by Gasteiger charge is 2.58. The maximum absolute atomic E-state index is 13.0. The first kappa shape index (κ1) is 61.2. The predicted octanol–water partition coefficient (Wildman–Crippen LogP) is -9.40. The van der Waals surface area contributed by atoms with Gasteiger partial charge < -0.3 is 139 Å². The predicted molar refractivity (Wildman–Crippen MR) is 247 cm³/mol. The summed E-state index contributed by atoms with van der Waals surface area (Å²) in [6.07, 6.45) is -39.1. The van der Waals surface area contributed by atoms with Gasteiger partial charge in [0.1, 0.15) is 116 Å². The van der Waals surface area contributed by atoms with Gasteiger partial charge in [-0.3, -0.25) is 0 Å². The molecule has 5 heterocycles. The van der Waals surface area contributed by atoms with Crippen LogP contribution in [-0.4, -0.2) is 307 Å². The molecular formula is C48H79O29+. The van der Waals surface area contributed by atoms with Gasteiger partial charge in [0, 0.05) is 24.8 Å². The van der Waals surface area contributed by atoms with E-state index in [1.165, 1.54) is 0 Å². The fourth-order valence-electron chi connectivity index (χ4n) is 12.1. The number of carbonyl (C=O) groups is 1. The molecule has 30 atom stereocenters. The molecule has 8 fully saturated rings. The van der Waals surface area contributed by atoms with E-state index in [0.29, 0.717) is 25.7 Å². The zero-order valence-corrected chi connectivity index (χ0v) is 41.9. The Hall–Kier alpha value is -1.87. The van der Waals surface area contributed by atoms with E-state index in [4.69, 9.17) is 47.4 Å². The summed E-state index contributed by atoms with van der Waals surface area (Å²) in [4.78, 5) is 13.0. The molecule has 0 radical (unpaired) electrons. The number of aliphatic hydroxyl groups excluding tert-OH is 18. The molecule has 0 aromatic carbocycles. The first-order valence-corrected chi connectivity index (χ1v) is 26.4. The highest BCUT2D eigenvalue weighted by molar-refractivity contribution is 5.81. The Morgan fingerprint density at radius 3 is 1.36 bits per heavy atom. The van der Waals surface area contributed by atoms with E-state index in [0.717, 1.165) is 6.08 Å². The first-order chi connectivity index (χ1) is 36.6. The van der Waals surface area contributed by atoms with Crippen LogP contribution >= 0.6 is 0 Å². The lowest BCUT2D eigenvalue weighted by molar-refractivity contribution is -0.365. The van der Waals surface area contributed by atoms with Gasteiger partial charge in [0.05, 0.1) is 56.3 Å². The maximum Gasteiger partial charge on any atom is 0.330 e. The molecule has 19 N–H and O–H groups in total. The molecule has 444 valence electrons. The third kappa shape index (κ3) is 13.6. The number of aliphatic hydroxyl groups is 20. The summed E-state index contributed by atoms with van der Waals surface area (Å²) >= 11 is 0. The Balaban J connectivity index is 0.956. The van der Waals surface area contributed by atoms with Crippen LogP contribution in [-0.2, 0) is 47.4 Å². The van der Waals surface area contributed by atoms with Crippen LogP contribution in [0.1, 0.15) is 57.8 Å². The van der Waals surface area contributed by atoms with Crippen molar-refractivity contribution in [2.24, 2.45) is 17.8 Å². The van der Waals surface area contributed by atoms with E-state index < -0.39 is 222 Å². The van der Waals surface area contributed by atoms with Gasteiger partial charge in [-0.15, -0.1) is 0 Å². The highest BCUT2D eigenvalue weighted by Crippen LogP contribution is 2.44. The van der Waals surface area contributed by atoms with Gasteiger partial charge in [-0.2, -0.15) is 0 Å². The summed E-state index contributed by atoms with van der Waals surface area (Å²) in [5, 5.41) is 191. The Morgan fingerprint density at radius 2 is 0.896 bits per heavy atom. The van der Waals surface area contributed by atoms with Crippen LogP contribution < -0.4 is 0 Å². The average molecular weight is 1120 g/mol. The number of ether oxygens (including phenoxy) is 10. The second kappa shape index (κ2) is 26.6. The van der Waals surface area contributed by atoms with E-state index in [1.54, 1.807) is 6.08 Å². The number of carbonyl (C=O) groups excluding carboxylic acids is 1. The summed E-state index contributed by atoms with van der Waals surface area (Å²) < 4.78 is 57.6. The molecule has 29 nitrogen and oxygen atoms in total. The molecule has 3 saturated carbocycles. The summed E-state index contributed by atoms with van der Waals surface area (Å²) in [5.41, 5.74) is 0. The van der Waals surface area contributed by atoms with Gasteiger partial charge in [0.15, 0.2) is 37.4 Å². The van der Waals surface area contributed by atoms with E-state index >= 15 is 0 Å². The number of rotatable bonds is 16. The zero-order chi connectivity index (χ0) is 55.7. The largest absolute Gasteiger partial charge is 0.460 e. The average Bonchev–Trinajstić information content (AvgIpc) is 3.42. The number of esters is 1. The van der Waals surface area contributed by atoms with Crippen LogP contribution in [0.4, 0.5) is 0 Å². The van der Waals surface area contributed by atoms with Crippen LogP contribution in [0.2, 0.25) is 0 Å². The second-order valence-corrected chi connectivity index (χ2v) is 21.8. The Morgan fingerprint density at radius 1 is 0.468 bits per heavy atom. The van der Waals surface area contributed by atoms with Gasteiger partial charge in [-0.25, -0.2) is 4.79 Å². The fourth-order valence-corrected chi connectivity index (χ4v) is 12.1. The lowest BCUT2D eigenvalue weighted by atomic mass is 9.72. The van der Waals surface area contributed by atoms with Gasteiger partial charge in [-0.1, -0.05) is 6.08 Å². The normalized spacial score (nSPS) is 52.0. The van der Waals surface area contributed by atoms with Gasteiger partial charge in [-0.05, 0) is 50.9 Å². The van der Waals surface area contributed by atoms with E-state index in [1.807, 2.05) is 0 Å². The van der Waals surface area contributed by atoms with Crippen LogP contribution in [0.15, 0.2) is 12.2 Å². The van der Waals surface area contributed by atoms with Crippen molar-refractivity contribution in [2.45, 2.75) is 236 Å². The van der Waals surface area contributed by atoms with Crippen molar-refractivity contribution < 1.29 is 144 Å². The molecule has 3 aliphatic carbocycles. The molecular weight excluding hydrogens is 1040 g/mol. The van der Waals surface area contributed by atoms with Crippen LogP contribution in [0.5, 0.6) is 0 Å². The van der Waals surface area contributed by atoms with Crippen molar-refractivity contribution in [2.75, 3.05) is 26.4 Å². The number of hydrogen-bond donors (Lipinski definition) is 18. The molecule has 0 spiro atoms. The third-order valence-electron chi connectivity index (χ3n) is 16.7. The van der Waals surface area contributed by atoms with Crippen molar-refractivity contribution in [3.8, 4) is 0 Å². The summed E-state index contributed by atoms with van der Waals surface area (Å²) in [6, 6.07) is 0. The molecule has 77 heavy (non-hydrogen) atoms. The zero-order valence-electron chi connectivity index (χ0n) is 41.9. The molecule has 0 aromatic heterocycles. The molecule has 8 aliphatic rings. The minimum absolute atomic E-state index is 0.00832. The van der Waals surface area contributed by atoms with Crippen molar-refractivity contribution in [3.63, 3.8) is 0 Å². The number of hydrogen-bond acceptors (Lipinski definition) is 28. The van der Waals surface area contributed by atoms with Crippen molar-refractivity contribution in [1.82, 2.24) is 0 Å². The lowest BCUT2D eigenvalue weighted by Gasteiger charge is -2.50. The molecule has 29 heteroatoms. The Labute approximate surface area is 441 Å². The molecule has 8 rings (SSSR count). The summed E-state index contributed by atoms with van der Waals surface area (Å²) in [6.45, 7) is -2.88. The lowest BCUT2D eigenvalue weighted by Crippen LogP contribution is -2.65. The standard InChI is InChI=1S/C48H78O29/c49-12-26-32(56)36(60)40(64)45(74-26)69-19-4-1-16(2-5-19)3-6-30(54)68-15-29-35(59)39(63)43(67)47(77-29)72-24-8-17(7-23(31(24)55)71-46-41(65)37(61)33(57)27(13-50)75-46)44-25(11-20-21(53)9-18(52)10-22(20)70-44)73-48-42(66)38(62)34(58)28(14-51)76-48/h3,6,16-29,31-53,55-67H,1-2,4-5,7-15H2/p+1. The van der Waals surface area contributed by atoms with Crippen molar-refractivity contribution in [1.29, 1.82) is 0 Å². The minimum Gasteiger partial charge on any atom is -0.460 e. The van der Waals surface area contributed by atoms with Crippen LogP contribution in [0.25, 0.3) is 0 Å². The number of allylic oxidation sites excluding steroid dienone is 1.